The van der Waals surface area contributed by atoms with Crippen molar-refractivity contribution >= 4 is 23.1 Å². The molecule has 3 heteroatoms. The van der Waals surface area contributed by atoms with Gasteiger partial charge in [0.05, 0.1) is 10.7 Å². The average molecular weight is 238 g/mol. The fourth-order valence-corrected chi connectivity index (χ4v) is 2.42. The molecule has 0 unspecified atom stereocenters. The van der Waals surface area contributed by atoms with Gasteiger partial charge in [-0.3, -0.25) is 4.79 Å². The fraction of sp³-hybridized carbons (Fsp3) is 0.462. The maximum absolute atomic E-state index is 11.2. The smallest absolute Gasteiger partial charge is 0.159 e. The van der Waals surface area contributed by atoms with Crippen LogP contribution in [0.3, 0.4) is 0 Å². The summed E-state index contributed by atoms with van der Waals surface area (Å²) in [6.45, 7) is 3.70. The van der Waals surface area contributed by atoms with Gasteiger partial charge in [-0.1, -0.05) is 11.6 Å². The van der Waals surface area contributed by atoms with Gasteiger partial charge in [0.25, 0.3) is 0 Å². The Labute approximate surface area is 101 Å². The average Bonchev–Trinajstić information content (AvgIpc) is 2.30. The summed E-state index contributed by atoms with van der Waals surface area (Å²) in [5.74, 6) is 0.0621. The Morgan fingerprint density at radius 3 is 2.50 bits per heavy atom. The van der Waals surface area contributed by atoms with Crippen LogP contribution >= 0.6 is 11.6 Å². The number of hydrogen-bond acceptors (Lipinski definition) is 2. The third-order valence-corrected chi connectivity index (χ3v) is 3.35. The van der Waals surface area contributed by atoms with Gasteiger partial charge in [-0.25, -0.2) is 0 Å². The molecule has 0 amide bonds. The third kappa shape index (κ3) is 2.38. The molecule has 1 aromatic rings. The van der Waals surface area contributed by atoms with Crippen molar-refractivity contribution in [1.29, 1.82) is 0 Å². The maximum atomic E-state index is 11.2. The molecule has 1 heterocycles. The molecule has 0 spiro atoms. The zero-order valence-electron chi connectivity index (χ0n) is 9.50. The second-order valence-corrected chi connectivity index (χ2v) is 4.68. The lowest BCUT2D eigenvalue weighted by atomic mass is 10.1. The van der Waals surface area contributed by atoms with E-state index >= 15 is 0 Å². The molecule has 1 fully saturated rings. The molecule has 2 rings (SSSR count). The van der Waals surface area contributed by atoms with E-state index in [1.807, 2.05) is 12.1 Å². The molecule has 0 saturated carbocycles. The highest BCUT2D eigenvalue weighted by atomic mass is 35.5. The molecule has 0 N–H and O–H groups in total. The molecule has 86 valence electrons. The summed E-state index contributed by atoms with van der Waals surface area (Å²) >= 11 is 6.21. The van der Waals surface area contributed by atoms with Gasteiger partial charge >= 0.3 is 0 Å². The van der Waals surface area contributed by atoms with E-state index < -0.39 is 0 Å². The Balaban J connectivity index is 2.24. The van der Waals surface area contributed by atoms with Crippen LogP contribution in [0.5, 0.6) is 0 Å². The molecule has 1 saturated heterocycles. The Kier molecular flexibility index (Phi) is 3.49. The lowest BCUT2D eigenvalue weighted by molar-refractivity contribution is 0.101. The number of anilines is 1. The predicted octanol–water partition coefficient (Wildman–Crippen LogP) is 3.53. The molecule has 1 aliphatic rings. The third-order valence-electron chi connectivity index (χ3n) is 3.05. The number of hydrogen-bond donors (Lipinski definition) is 0. The minimum Gasteiger partial charge on any atom is -0.370 e. The van der Waals surface area contributed by atoms with Crippen molar-refractivity contribution in [3.05, 3.63) is 28.8 Å². The highest BCUT2D eigenvalue weighted by Crippen LogP contribution is 2.29. The Hall–Kier alpha value is -1.02. The van der Waals surface area contributed by atoms with Crippen LogP contribution < -0.4 is 4.90 Å². The van der Waals surface area contributed by atoms with Crippen LogP contribution in [0.2, 0.25) is 5.02 Å². The Morgan fingerprint density at radius 2 is 1.94 bits per heavy atom. The number of carbonyl (C=O) groups is 1. The molecule has 0 bridgehead atoms. The summed E-state index contributed by atoms with van der Waals surface area (Å²) < 4.78 is 0. The standard InChI is InChI=1S/C13H16ClNO/c1-10(16)11-5-6-13(12(14)9-11)15-7-3-2-4-8-15/h5-6,9H,2-4,7-8H2,1H3. The van der Waals surface area contributed by atoms with Crippen molar-refractivity contribution in [3.63, 3.8) is 0 Å². The van der Waals surface area contributed by atoms with E-state index in [0.717, 1.165) is 18.8 Å². The SMILES string of the molecule is CC(=O)c1ccc(N2CCCCC2)c(Cl)c1. The summed E-state index contributed by atoms with van der Waals surface area (Å²) in [4.78, 5) is 13.5. The maximum Gasteiger partial charge on any atom is 0.159 e. The molecule has 16 heavy (non-hydrogen) atoms. The van der Waals surface area contributed by atoms with Gasteiger partial charge in [0.15, 0.2) is 5.78 Å². The summed E-state index contributed by atoms with van der Waals surface area (Å²) in [5.41, 5.74) is 1.75. The largest absolute Gasteiger partial charge is 0.370 e. The van der Waals surface area contributed by atoms with Gasteiger partial charge in [0, 0.05) is 18.7 Å². The summed E-state index contributed by atoms with van der Waals surface area (Å²) in [5, 5.41) is 0.689. The zero-order chi connectivity index (χ0) is 11.5. The van der Waals surface area contributed by atoms with Crippen LogP contribution in [-0.4, -0.2) is 18.9 Å². The predicted molar refractivity (Wildman–Crippen MR) is 67.5 cm³/mol. The molecule has 1 aliphatic heterocycles. The fourth-order valence-electron chi connectivity index (χ4n) is 2.12. The van der Waals surface area contributed by atoms with Crippen molar-refractivity contribution in [3.8, 4) is 0 Å². The lowest BCUT2D eigenvalue weighted by Gasteiger charge is -2.29. The highest BCUT2D eigenvalue weighted by Gasteiger charge is 2.14. The van der Waals surface area contributed by atoms with Crippen LogP contribution in [0, 0.1) is 0 Å². The van der Waals surface area contributed by atoms with E-state index in [1.54, 1.807) is 13.0 Å². The number of nitrogens with zero attached hydrogens (tertiary/aromatic N) is 1. The topological polar surface area (TPSA) is 20.3 Å². The van der Waals surface area contributed by atoms with Crippen molar-refractivity contribution in [2.75, 3.05) is 18.0 Å². The van der Waals surface area contributed by atoms with Gasteiger partial charge in [-0.05, 0) is 44.4 Å². The van der Waals surface area contributed by atoms with E-state index in [-0.39, 0.29) is 5.78 Å². The first-order valence-electron chi connectivity index (χ1n) is 5.74. The number of piperidine rings is 1. The Morgan fingerprint density at radius 1 is 1.25 bits per heavy atom. The molecular weight excluding hydrogens is 222 g/mol. The second-order valence-electron chi connectivity index (χ2n) is 4.27. The number of benzene rings is 1. The van der Waals surface area contributed by atoms with E-state index in [2.05, 4.69) is 4.90 Å². The molecule has 0 radical (unpaired) electrons. The first kappa shape index (κ1) is 11.5. The Bertz CT molecular complexity index is 397. The van der Waals surface area contributed by atoms with Crippen molar-refractivity contribution in [1.82, 2.24) is 0 Å². The molecule has 0 atom stereocenters. The first-order valence-corrected chi connectivity index (χ1v) is 6.12. The van der Waals surface area contributed by atoms with E-state index in [9.17, 15) is 4.79 Å². The van der Waals surface area contributed by atoms with Crippen LogP contribution in [0.15, 0.2) is 18.2 Å². The molecular formula is C13H16ClNO. The van der Waals surface area contributed by atoms with E-state index in [4.69, 9.17) is 11.6 Å². The van der Waals surface area contributed by atoms with Crippen molar-refractivity contribution < 1.29 is 4.79 Å². The first-order chi connectivity index (χ1) is 7.68. The molecule has 0 aromatic heterocycles. The monoisotopic (exact) mass is 237 g/mol. The lowest BCUT2D eigenvalue weighted by Crippen LogP contribution is -2.29. The van der Waals surface area contributed by atoms with Crippen molar-refractivity contribution in [2.24, 2.45) is 0 Å². The zero-order valence-corrected chi connectivity index (χ0v) is 10.3. The van der Waals surface area contributed by atoms with Crippen LogP contribution in [0.1, 0.15) is 36.5 Å². The van der Waals surface area contributed by atoms with Gasteiger partial charge in [-0.15, -0.1) is 0 Å². The summed E-state index contributed by atoms with van der Waals surface area (Å²) in [7, 11) is 0. The van der Waals surface area contributed by atoms with Crippen molar-refractivity contribution in [2.45, 2.75) is 26.2 Å². The summed E-state index contributed by atoms with van der Waals surface area (Å²) in [6, 6.07) is 5.59. The molecule has 2 nitrogen and oxygen atoms in total. The van der Waals surface area contributed by atoms with Crippen LogP contribution in [0.4, 0.5) is 5.69 Å². The quantitative estimate of drug-likeness (QED) is 0.734. The van der Waals surface area contributed by atoms with Gasteiger partial charge < -0.3 is 4.90 Å². The minimum atomic E-state index is 0.0621. The van der Waals surface area contributed by atoms with E-state index in [0.29, 0.717) is 10.6 Å². The normalized spacial score (nSPS) is 16.2. The van der Waals surface area contributed by atoms with Gasteiger partial charge in [-0.2, -0.15) is 0 Å². The van der Waals surface area contributed by atoms with Crippen LogP contribution in [-0.2, 0) is 0 Å². The number of carbonyl (C=O) groups excluding carboxylic acids is 1. The minimum absolute atomic E-state index is 0.0621. The number of Topliss-reactive ketones (excluding diaryl/α,β-unsaturated/α-hetero) is 1. The number of ketones is 1. The second kappa shape index (κ2) is 4.88. The number of halogens is 1. The van der Waals surface area contributed by atoms with Gasteiger partial charge in [0.2, 0.25) is 0 Å². The van der Waals surface area contributed by atoms with E-state index in [1.165, 1.54) is 19.3 Å². The number of rotatable bonds is 2. The molecule has 1 aromatic carbocycles. The molecule has 0 aliphatic carbocycles. The van der Waals surface area contributed by atoms with Gasteiger partial charge in [0.1, 0.15) is 0 Å². The van der Waals surface area contributed by atoms with Crippen LogP contribution in [0.25, 0.3) is 0 Å². The summed E-state index contributed by atoms with van der Waals surface area (Å²) in [6.07, 6.45) is 3.76. The highest BCUT2D eigenvalue weighted by molar-refractivity contribution is 6.33.